The lowest BCUT2D eigenvalue weighted by atomic mass is 10.1. The summed E-state index contributed by atoms with van der Waals surface area (Å²) in [6.07, 6.45) is 8.21. The van der Waals surface area contributed by atoms with Gasteiger partial charge in [0.25, 0.3) is 5.56 Å². The minimum absolute atomic E-state index is 0.0821. The number of benzene rings is 1. The molecule has 0 spiro atoms. The number of nitrogens with zero attached hydrogens (tertiary/aromatic N) is 4. The Bertz CT molecular complexity index is 1080. The van der Waals surface area contributed by atoms with Gasteiger partial charge in [-0.25, -0.2) is 4.98 Å². The molecule has 0 unspecified atom stereocenters. The summed E-state index contributed by atoms with van der Waals surface area (Å²) < 4.78 is 3.67. The predicted molar refractivity (Wildman–Crippen MR) is 114 cm³/mol. The van der Waals surface area contributed by atoms with Crippen molar-refractivity contribution in [1.82, 2.24) is 19.0 Å². The fourth-order valence-corrected chi connectivity index (χ4v) is 4.39. The van der Waals surface area contributed by atoms with E-state index < -0.39 is 0 Å². The Balaban J connectivity index is 1.54. The Hall–Kier alpha value is -2.89. The highest BCUT2D eigenvalue weighted by molar-refractivity contribution is 5.80. The van der Waals surface area contributed by atoms with E-state index >= 15 is 0 Å². The van der Waals surface area contributed by atoms with Crippen LogP contribution < -0.4 is 5.56 Å². The molecule has 1 saturated heterocycles. The third kappa shape index (κ3) is 3.84. The minimum atomic E-state index is -0.0821. The van der Waals surface area contributed by atoms with Crippen molar-refractivity contribution < 1.29 is 4.79 Å². The standard InChI is InChI=1S/C23H28N4O2/c1-17-8-6-9-18-22(17)24-16-26(23(18)29)15-12-21(28)27-14-5-3-4-10-20(27)19-11-7-13-25(19)2/h6-9,11,13,16,20H,3-5,10,12,14-15H2,1-2H3/t20-/m1/s1. The normalized spacial score (nSPS) is 17.4. The molecule has 0 saturated carbocycles. The Kier molecular flexibility index (Phi) is 5.51. The van der Waals surface area contributed by atoms with Crippen LogP contribution in [0, 0.1) is 6.92 Å². The topological polar surface area (TPSA) is 60.1 Å². The fraction of sp³-hybridized carbons (Fsp3) is 0.435. The number of aromatic nitrogens is 3. The number of fused-ring (bicyclic) bond motifs is 1. The summed E-state index contributed by atoms with van der Waals surface area (Å²) in [7, 11) is 2.03. The molecule has 2 aromatic heterocycles. The van der Waals surface area contributed by atoms with E-state index in [2.05, 4.69) is 15.6 Å². The van der Waals surface area contributed by atoms with Crippen LogP contribution in [-0.2, 0) is 18.4 Å². The van der Waals surface area contributed by atoms with Gasteiger partial charge in [0.15, 0.2) is 0 Å². The Morgan fingerprint density at radius 2 is 2.03 bits per heavy atom. The van der Waals surface area contributed by atoms with Crippen molar-refractivity contribution in [2.75, 3.05) is 6.54 Å². The molecule has 6 heteroatoms. The molecule has 1 aliphatic rings. The van der Waals surface area contributed by atoms with Gasteiger partial charge in [0.1, 0.15) is 0 Å². The first-order valence-electron chi connectivity index (χ1n) is 10.4. The molecule has 4 rings (SSSR count). The number of hydrogen-bond donors (Lipinski definition) is 0. The van der Waals surface area contributed by atoms with Crippen molar-refractivity contribution in [2.24, 2.45) is 7.05 Å². The maximum atomic E-state index is 13.2. The second-order valence-electron chi connectivity index (χ2n) is 7.96. The van der Waals surface area contributed by atoms with Crippen molar-refractivity contribution in [3.8, 4) is 0 Å². The van der Waals surface area contributed by atoms with E-state index in [9.17, 15) is 9.59 Å². The Morgan fingerprint density at radius 3 is 2.83 bits per heavy atom. The fourth-order valence-electron chi connectivity index (χ4n) is 4.39. The summed E-state index contributed by atoms with van der Waals surface area (Å²) in [5, 5.41) is 0.608. The van der Waals surface area contributed by atoms with Crippen molar-refractivity contribution in [3.63, 3.8) is 0 Å². The van der Waals surface area contributed by atoms with Gasteiger partial charge in [-0.2, -0.15) is 0 Å². The molecule has 0 N–H and O–H groups in total. The lowest BCUT2D eigenvalue weighted by Crippen LogP contribution is -2.36. The van der Waals surface area contributed by atoms with Crippen molar-refractivity contribution in [1.29, 1.82) is 0 Å². The van der Waals surface area contributed by atoms with Crippen LogP contribution in [-0.4, -0.2) is 31.5 Å². The number of carbonyl (C=O) groups excluding carboxylic acids is 1. The molecule has 6 nitrogen and oxygen atoms in total. The van der Waals surface area contributed by atoms with Gasteiger partial charge in [-0.3, -0.25) is 14.2 Å². The van der Waals surface area contributed by atoms with E-state index in [-0.39, 0.29) is 17.5 Å². The molecule has 1 aliphatic heterocycles. The first kappa shape index (κ1) is 19.4. The molecule has 1 aromatic carbocycles. The third-order valence-electron chi connectivity index (χ3n) is 6.02. The average Bonchev–Trinajstić information content (AvgIpc) is 2.99. The molecular formula is C23H28N4O2. The third-order valence-corrected chi connectivity index (χ3v) is 6.02. The number of hydrogen-bond acceptors (Lipinski definition) is 3. The lowest BCUT2D eigenvalue weighted by molar-refractivity contribution is -0.134. The molecule has 1 atom stereocenters. The van der Waals surface area contributed by atoms with Crippen LogP contribution in [0.3, 0.4) is 0 Å². The summed E-state index contributed by atoms with van der Waals surface area (Å²) in [5.41, 5.74) is 2.82. The Morgan fingerprint density at radius 1 is 1.17 bits per heavy atom. The highest BCUT2D eigenvalue weighted by Crippen LogP contribution is 2.30. The number of aryl methyl sites for hydroxylation is 3. The van der Waals surface area contributed by atoms with Crippen LogP contribution in [0.1, 0.15) is 49.4 Å². The number of carbonyl (C=O) groups is 1. The SMILES string of the molecule is Cc1cccc2c(=O)n(CCC(=O)N3CCCCC[C@@H]3c3cccn3C)cnc12. The summed E-state index contributed by atoms with van der Waals surface area (Å²) >= 11 is 0. The molecule has 1 fully saturated rings. The zero-order valence-electron chi connectivity index (χ0n) is 17.2. The van der Waals surface area contributed by atoms with E-state index in [4.69, 9.17) is 0 Å². The average molecular weight is 393 g/mol. The molecule has 3 aromatic rings. The van der Waals surface area contributed by atoms with Crippen molar-refractivity contribution in [3.05, 3.63) is 64.5 Å². The molecule has 152 valence electrons. The van der Waals surface area contributed by atoms with Gasteiger partial charge in [0, 0.05) is 38.4 Å². The molecular weight excluding hydrogens is 364 g/mol. The first-order chi connectivity index (χ1) is 14.1. The Labute approximate surface area is 170 Å². The lowest BCUT2D eigenvalue weighted by Gasteiger charge is -2.31. The molecule has 0 aliphatic carbocycles. The zero-order chi connectivity index (χ0) is 20.4. The van der Waals surface area contributed by atoms with Crippen molar-refractivity contribution in [2.45, 2.75) is 51.6 Å². The first-order valence-corrected chi connectivity index (χ1v) is 10.4. The number of rotatable bonds is 4. The van der Waals surface area contributed by atoms with Crippen LogP contribution in [0.5, 0.6) is 0 Å². The largest absolute Gasteiger partial charge is 0.353 e. The molecule has 1 amide bonds. The number of amides is 1. The molecule has 0 bridgehead atoms. The van der Waals surface area contributed by atoms with Gasteiger partial charge in [-0.1, -0.05) is 25.0 Å². The summed E-state index contributed by atoms with van der Waals surface area (Å²) in [6, 6.07) is 9.88. The maximum absolute atomic E-state index is 13.2. The van der Waals surface area contributed by atoms with Crippen LogP contribution in [0.4, 0.5) is 0 Å². The molecule has 3 heterocycles. The van der Waals surface area contributed by atoms with Gasteiger partial charge < -0.3 is 9.47 Å². The summed E-state index contributed by atoms with van der Waals surface area (Å²) in [4.78, 5) is 32.4. The highest BCUT2D eigenvalue weighted by Gasteiger charge is 2.28. The molecule has 0 radical (unpaired) electrons. The van der Waals surface area contributed by atoms with E-state index in [1.54, 1.807) is 17.0 Å². The molecule has 29 heavy (non-hydrogen) atoms. The van der Waals surface area contributed by atoms with E-state index in [0.717, 1.165) is 43.3 Å². The second kappa shape index (κ2) is 8.23. The van der Waals surface area contributed by atoms with E-state index in [0.29, 0.717) is 18.4 Å². The highest BCUT2D eigenvalue weighted by atomic mass is 16.2. The van der Waals surface area contributed by atoms with Crippen LogP contribution in [0.25, 0.3) is 10.9 Å². The summed E-state index contributed by atoms with van der Waals surface area (Å²) in [5.74, 6) is 0.106. The van der Waals surface area contributed by atoms with Crippen LogP contribution >= 0.6 is 0 Å². The van der Waals surface area contributed by atoms with Gasteiger partial charge in [-0.05, 0) is 43.5 Å². The van der Waals surface area contributed by atoms with Gasteiger partial charge in [0.2, 0.25) is 5.91 Å². The monoisotopic (exact) mass is 392 g/mol. The van der Waals surface area contributed by atoms with Crippen LogP contribution in [0.2, 0.25) is 0 Å². The van der Waals surface area contributed by atoms with Gasteiger partial charge >= 0.3 is 0 Å². The quantitative estimate of drug-likeness (QED) is 0.682. The summed E-state index contributed by atoms with van der Waals surface area (Å²) in [6.45, 7) is 3.08. The van der Waals surface area contributed by atoms with Crippen LogP contribution in [0.15, 0.2) is 47.7 Å². The van der Waals surface area contributed by atoms with Gasteiger partial charge in [-0.15, -0.1) is 0 Å². The smallest absolute Gasteiger partial charge is 0.261 e. The van der Waals surface area contributed by atoms with Gasteiger partial charge in [0.05, 0.1) is 23.3 Å². The number of para-hydroxylation sites is 1. The van der Waals surface area contributed by atoms with Crippen molar-refractivity contribution >= 4 is 16.8 Å². The number of likely N-dealkylation sites (tertiary alicyclic amines) is 1. The minimum Gasteiger partial charge on any atom is -0.353 e. The maximum Gasteiger partial charge on any atom is 0.261 e. The van der Waals surface area contributed by atoms with E-state index in [1.807, 2.05) is 43.3 Å². The van der Waals surface area contributed by atoms with E-state index in [1.165, 1.54) is 5.69 Å². The predicted octanol–water partition coefficient (Wildman–Crippen LogP) is 3.58. The second-order valence-corrected chi connectivity index (χ2v) is 7.96. The zero-order valence-corrected chi connectivity index (χ0v) is 17.2.